The number of rotatable bonds is 16. The number of aromatic amines is 2. The first kappa shape index (κ1) is 44.3. The smallest absolute Gasteiger partial charge is 0.316 e. The maximum absolute atomic E-state index is 14.5. The molecule has 0 radical (unpaired) electrons. The van der Waals surface area contributed by atoms with Crippen LogP contribution in [0.15, 0.2) is 28.9 Å². The van der Waals surface area contributed by atoms with E-state index in [4.69, 9.17) is 20.3 Å². The van der Waals surface area contributed by atoms with Crippen LogP contribution in [0.4, 0.5) is 0 Å². The minimum Gasteiger partial charge on any atom is -0.874 e. The molecule has 322 valence electrons. The van der Waals surface area contributed by atoms with Crippen molar-refractivity contribution in [1.82, 2.24) is 14.6 Å². The summed E-state index contributed by atoms with van der Waals surface area (Å²) in [7, 11) is 1.29. The second-order valence-electron chi connectivity index (χ2n) is 17.8. The lowest BCUT2D eigenvalue weighted by Gasteiger charge is -2.25. The van der Waals surface area contributed by atoms with Crippen LogP contribution in [-0.4, -0.2) is 46.0 Å². The van der Waals surface area contributed by atoms with Crippen LogP contribution < -0.4 is 32.2 Å². The van der Waals surface area contributed by atoms with Gasteiger partial charge in [0.25, 0.3) is 0 Å². The lowest BCUT2D eigenvalue weighted by atomic mass is 9.81. The normalized spacial score (nSPS) is 20.9. The van der Waals surface area contributed by atoms with E-state index in [0.29, 0.717) is 45.4 Å². The zero-order chi connectivity index (χ0) is 43.6. The first-order valence-electron chi connectivity index (χ1n) is 22.0. The van der Waals surface area contributed by atoms with Crippen molar-refractivity contribution in [3.63, 3.8) is 0 Å². The second-order valence-corrected chi connectivity index (χ2v) is 17.8. The minimum absolute atomic E-state index is 0.135. The van der Waals surface area contributed by atoms with Crippen molar-refractivity contribution in [3.05, 3.63) is 90.1 Å². The van der Waals surface area contributed by atoms with Gasteiger partial charge in [-0.25, -0.2) is 0 Å². The van der Waals surface area contributed by atoms with Crippen LogP contribution in [0.1, 0.15) is 138 Å². The lowest BCUT2D eigenvalue weighted by molar-refractivity contribution is -0.255. The van der Waals surface area contributed by atoms with Crippen LogP contribution >= 0.6 is 0 Å². The molecule has 4 N–H and O–H groups in total. The number of aromatic nitrogens is 3. The molecular weight excluding hydrogens is 751 g/mol. The Labute approximate surface area is 355 Å². The quantitative estimate of drug-likeness (QED) is 0.0913. The standard InChI is InChI=1S/C50H67N5O5/c1-12-34-30(7)37-24-39-32(9)36(20-21-43(56)60-23-22-29(6)19-15-18-28(5)17-14-16-27(3)4)47(54-39)45-46(50(58)59-11)49(57)44-33(10)42(55(51)48(44)45)26-41-35(13-2)31(8)38(53-41)25-40(34)52-37/h12,22,24-28,32,36,46,52-53,57H,1,13-21,23,51H2,2-11H3/p-1/b29-22+,38-25-,39-24+,41-26-/t28-,32+,36+,46-/m1/s1. The molecule has 0 saturated carbocycles. The van der Waals surface area contributed by atoms with Gasteiger partial charge < -0.3 is 30.4 Å². The molecule has 8 bridgehead atoms. The summed E-state index contributed by atoms with van der Waals surface area (Å²) >= 11 is 0. The fraction of sp³-hybridized carbons (Fsp3) is 0.500. The zero-order valence-electron chi connectivity index (χ0n) is 37.6. The van der Waals surface area contributed by atoms with E-state index in [2.05, 4.69) is 78.0 Å². The number of nitrogens with zero attached hydrogens (tertiary/aromatic N) is 2. The second kappa shape index (κ2) is 18.6. The van der Waals surface area contributed by atoms with Crippen molar-refractivity contribution in [2.45, 2.75) is 120 Å². The fourth-order valence-corrected chi connectivity index (χ4v) is 9.55. The molecule has 3 aromatic heterocycles. The van der Waals surface area contributed by atoms with E-state index in [1.54, 1.807) is 0 Å². The van der Waals surface area contributed by atoms with Gasteiger partial charge in [-0.05, 0) is 117 Å². The molecule has 0 fully saturated rings. The van der Waals surface area contributed by atoms with Crippen LogP contribution in [0.5, 0.6) is 0 Å². The summed E-state index contributed by atoms with van der Waals surface area (Å²) in [5.74, 6) is 5.38. The number of carbonyl (C=O) groups is 2. The molecule has 1 aliphatic carbocycles. The highest BCUT2D eigenvalue weighted by atomic mass is 16.5. The molecule has 10 heteroatoms. The number of nitrogens with one attached hydrogen (secondary N) is 2. The van der Waals surface area contributed by atoms with Crippen molar-refractivity contribution < 1.29 is 24.2 Å². The maximum Gasteiger partial charge on any atom is 0.316 e. The van der Waals surface area contributed by atoms with Gasteiger partial charge in [-0.1, -0.05) is 78.5 Å². The highest BCUT2D eigenvalue weighted by Crippen LogP contribution is 2.41. The summed E-state index contributed by atoms with van der Waals surface area (Å²) in [6.45, 7) is 23.6. The molecular formula is C50H66N5O5-. The van der Waals surface area contributed by atoms with Gasteiger partial charge in [-0.2, -0.15) is 0 Å². The van der Waals surface area contributed by atoms with Crippen molar-refractivity contribution >= 4 is 53.3 Å². The van der Waals surface area contributed by atoms with Gasteiger partial charge in [0.05, 0.1) is 29.8 Å². The molecule has 0 saturated heterocycles. The summed E-state index contributed by atoms with van der Waals surface area (Å²) < 4.78 is 12.6. The molecule has 3 aliphatic rings. The number of H-pyrrole nitrogens is 2. The molecule has 2 aliphatic heterocycles. The minimum atomic E-state index is -1.25. The predicted molar refractivity (Wildman–Crippen MR) is 242 cm³/mol. The number of esters is 2. The van der Waals surface area contributed by atoms with Gasteiger partial charge in [0.1, 0.15) is 6.61 Å². The van der Waals surface area contributed by atoms with Crippen LogP contribution in [0.3, 0.4) is 0 Å². The first-order valence-corrected chi connectivity index (χ1v) is 22.0. The van der Waals surface area contributed by atoms with Crippen molar-refractivity contribution in [3.8, 4) is 0 Å². The third kappa shape index (κ3) is 8.66. The summed E-state index contributed by atoms with van der Waals surface area (Å²) in [5.41, 5.74) is 10.3. The third-order valence-electron chi connectivity index (χ3n) is 13.3. The van der Waals surface area contributed by atoms with Crippen LogP contribution in [0, 0.1) is 50.4 Å². The summed E-state index contributed by atoms with van der Waals surface area (Å²) in [5, 5.41) is 17.1. The number of nitrogens with two attached hydrogens (primary N) is 1. The molecule has 4 atom stereocenters. The number of nitrogen functional groups attached to an aromatic ring is 1. The van der Waals surface area contributed by atoms with Gasteiger partial charge in [0, 0.05) is 57.2 Å². The molecule has 0 unspecified atom stereocenters. The Morgan fingerprint density at radius 1 is 1.00 bits per heavy atom. The number of hydrogen-bond acceptors (Lipinski definition) is 7. The molecule has 0 spiro atoms. The summed E-state index contributed by atoms with van der Waals surface area (Å²) in [4.78, 5) is 39.5. The van der Waals surface area contributed by atoms with E-state index < -0.39 is 11.9 Å². The highest BCUT2D eigenvalue weighted by molar-refractivity contribution is 6.27. The van der Waals surface area contributed by atoms with Crippen LogP contribution in [0.25, 0.3) is 35.6 Å². The molecule has 6 rings (SSSR count). The van der Waals surface area contributed by atoms with E-state index in [-0.39, 0.29) is 36.6 Å². The number of hydrogen-bond donors (Lipinski definition) is 3. The Kier molecular flexibility index (Phi) is 13.7. The number of fused-ring (bicyclic) bond motifs is 7. The van der Waals surface area contributed by atoms with Gasteiger partial charge in [-0.3, -0.25) is 19.3 Å². The van der Waals surface area contributed by atoms with Gasteiger partial charge >= 0.3 is 11.9 Å². The molecule has 5 heterocycles. The van der Waals surface area contributed by atoms with Crippen molar-refractivity contribution in [2.24, 2.45) is 34.6 Å². The fourth-order valence-electron chi connectivity index (χ4n) is 9.55. The first-order chi connectivity index (χ1) is 28.6. The van der Waals surface area contributed by atoms with E-state index in [9.17, 15) is 14.7 Å². The van der Waals surface area contributed by atoms with Gasteiger partial charge in [0.2, 0.25) is 0 Å². The Bertz CT molecular complexity index is 2520. The molecule has 3 aromatic rings. The Balaban J connectivity index is 1.37. The summed E-state index contributed by atoms with van der Waals surface area (Å²) in [6, 6.07) is 0. The highest BCUT2D eigenvalue weighted by Gasteiger charge is 2.42. The Morgan fingerprint density at radius 3 is 2.42 bits per heavy atom. The van der Waals surface area contributed by atoms with E-state index in [1.165, 1.54) is 43.0 Å². The Hall–Kier alpha value is -5.25. The molecule has 0 amide bonds. The van der Waals surface area contributed by atoms with E-state index in [1.807, 2.05) is 31.2 Å². The van der Waals surface area contributed by atoms with E-state index in [0.717, 1.165) is 75.2 Å². The zero-order valence-corrected chi connectivity index (χ0v) is 37.6. The topological polar surface area (TPSA) is 151 Å². The van der Waals surface area contributed by atoms with Crippen LogP contribution in [0.2, 0.25) is 0 Å². The largest absolute Gasteiger partial charge is 0.874 e. The lowest BCUT2D eigenvalue weighted by Crippen LogP contribution is -2.38. The number of methoxy groups -OCH3 is 1. The average molecular weight is 817 g/mol. The van der Waals surface area contributed by atoms with Gasteiger partial charge in [-0.15, -0.1) is 5.76 Å². The van der Waals surface area contributed by atoms with Gasteiger partial charge in [0.15, 0.2) is 0 Å². The predicted octanol–water partition coefficient (Wildman–Crippen LogP) is 6.03. The number of ether oxygens (including phenoxy) is 2. The number of allylic oxidation sites excluding steroid dienone is 2. The molecule has 0 aromatic carbocycles. The number of aliphatic imine (C=N–C) groups is 1. The van der Waals surface area contributed by atoms with E-state index >= 15 is 0 Å². The molecule has 10 nitrogen and oxygen atoms in total. The van der Waals surface area contributed by atoms with Crippen LogP contribution in [-0.2, 0) is 25.5 Å². The monoisotopic (exact) mass is 817 g/mol. The third-order valence-corrected chi connectivity index (χ3v) is 13.3. The maximum atomic E-state index is 14.5. The SMILES string of the molecule is C=Cc1c2[nH]c(c1C)/C=C1/N=C(C3=c4c(c(C)c(n4N)/C=c4\[nH]/c(c(C)c4CC)=C\2)=C([O-])[C@@H]3C(=O)OC)[C@@H](CCC(=O)OC/C=C(\C)CCC[C@H](C)CCCC(C)C)[C@@H]1C. The summed E-state index contributed by atoms with van der Waals surface area (Å²) in [6.07, 6.45) is 18.5. The van der Waals surface area contributed by atoms with Crippen molar-refractivity contribution in [2.75, 3.05) is 19.6 Å². The Morgan fingerprint density at radius 2 is 1.73 bits per heavy atom. The number of carbonyl (C=O) groups excluding carboxylic acids is 2. The average Bonchev–Trinajstić information content (AvgIpc) is 3.93. The molecule has 60 heavy (non-hydrogen) atoms. The van der Waals surface area contributed by atoms with Crippen molar-refractivity contribution in [1.29, 1.82) is 0 Å².